The first-order chi connectivity index (χ1) is 11.8. The van der Waals surface area contributed by atoms with Crippen LogP contribution in [0.3, 0.4) is 0 Å². The predicted molar refractivity (Wildman–Crippen MR) is 82.4 cm³/mol. The molecule has 3 heterocycles. The second-order valence-electron chi connectivity index (χ2n) is 5.16. The molecule has 0 aliphatic heterocycles. The minimum absolute atomic E-state index is 0.115. The van der Waals surface area contributed by atoms with E-state index in [9.17, 15) is 18.0 Å². The first kappa shape index (κ1) is 16.7. The number of aromatic amines is 1. The van der Waals surface area contributed by atoms with Gasteiger partial charge in [-0.2, -0.15) is 18.3 Å². The Morgan fingerprint density at radius 2 is 2.16 bits per heavy atom. The number of nitrogens with one attached hydrogen (secondary N) is 2. The largest absolute Gasteiger partial charge is 0.467 e. The number of alkyl halides is 3. The van der Waals surface area contributed by atoms with Crippen molar-refractivity contribution in [2.75, 3.05) is 11.9 Å². The minimum atomic E-state index is -4.53. The van der Waals surface area contributed by atoms with Gasteiger partial charge >= 0.3 is 6.18 Å². The van der Waals surface area contributed by atoms with E-state index in [4.69, 9.17) is 0 Å². The third-order valence-corrected chi connectivity index (χ3v) is 3.25. The number of nitrogens with zero attached hydrogens (tertiary/aromatic N) is 3. The zero-order valence-electron chi connectivity index (χ0n) is 12.9. The van der Waals surface area contributed by atoms with Gasteiger partial charge in [0.25, 0.3) is 5.91 Å². The summed E-state index contributed by atoms with van der Waals surface area (Å²) in [4.78, 5) is 20.1. The van der Waals surface area contributed by atoms with E-state index in [2.05, 4.69) is 30.2 Å². The zero-order valence-corrected chi connectivity index (χ0v) is 12.9. The Bertz CT molecular complexity index is 923. The topological polar surface area (TPSA) is 92.8 Å². The number of ether oxygens (including phenoxy) is 1. The monoisotopic (exact) mass is 351 g/mol. The average Bonchev–Trinajstić information content (AvgIpc) is 2.93. The Labute approximate surface area is 139 Å². The number of aryl methyl sites for hydroxylation is 1. The van der Waals surface area contributed by atoms with Gasteiger partial charge in [-0.05, 0) is 25.1 Å². The smallest absolute Gasteiger partial charge is 0.422 e. The lowest BCUT2D eigenvalue weighted by atomic mass is 10.2. The minimum Gasteiger partial charge on any atom is -0.467 e. The Balaban J connectivity index is 1.81. The fourth-order valence-electron chi connectivity index (χ4n) is 2.12. The molecule has 0 fully saturated rings. The van der Waals surface area contributed by atoms with Crippen molar-refractivity contribution in [2.24, 2.45) is 0 Å². The Morgan fingerprint density at radius 3 is 2.92 bits per heavy atom. The first-order valence-corrected chi connectivity index (χ1v) is 7.10. The van der Waals surface area contributed by atoms with Crippen molar-refractivity contribution in [1.82, 2.24) is 20.2 Å². The summed E-state index contributed by atoms with van der Waals surface area (Å²) >= 11 is 0. The van der Waals surface area contributed by atoms with Crippen molar-refractivity contribution in [1.29, 1.82) is 0 Å². The van der Waals surface area contributed by atoms with Crippen LogP contribution in [-0.4, -0.2) is 38.9 Å². The molecule has 0 bridgehead atoms. The van der Waals surface area contributed by atoms with Gasteiger partial charge in [0.05, 0.1) is 11.9 Å². The van der Waals surface area contributed by atoms with Crippen molar-refractivity contribution in [2.45, 2.75) is 13.1 Å². The van der Waals surface area contributed by atoms with Gasteiger partial charge in [-0.3, -0.25) is 9.89 Å². The molecule has 0 saturated heterocycles. The molecule has 0 unspecified atom stereocenters. The normalized spacial score (nSPS) is 11.5. The van der Waals surface area contributed by atoms with E-state index in [-0.39, 0.29) is 5.56 Å². The van der Waals surface area contributed by atoms with Crippen molar-refractivity contribution in [3.05, 3.63) is 41.9 Å². The van der Waals surface area contributed by atoms with Crippen molar-refractivity contribution in [3.63, 3.8) is 0 Å². The van der Waals surface area contributed by atoms with E-state index in [1.807, 2.05) is 0 Å². The molecule has 3 rings (SSSR count). The average molecular weight is 351 g/mol. The molecule has 10 heteroatoms. The van der Waals surface area contributed by atoms with Gasteiger partial charge in [0.1, 0.15) is 5.56 Å². The summed E-state index contributed by atoms with van der Waals surface area (Å²) in [6.07, 6.45) is -1.89. The maximum absolute atomic E-state index is 12.4. The van der Waals surface area contributed by atoms with E-state index >= 15 is 0 Å². The van der Waals surface area contributed by atoms with Crippen LogP contribution in [0.5, 0.6) is 5.88 Å². The molecular weight excluding hydrogens is 339 g/mol. The predicted octanol–water partition coefficient (Wildman–Crippen LogP) is 2.85. The molecule has 1 amide bonds. The van der Waals surface area contributed by atoms with Crippen LogP contribution in [0, 0.1) is 6.92 Å². The van der Waals surface area contributed by atoms with Gasteiger partial charge < -0.3 is 10.1 Å². The molecule has 0 spiro atoms. The van der Waals surface area contributed by atoms with Crippen LogP contribution < -0.4 is 10.1 Å². The van der Waals surface area contributed by atoms with E-state index in [1.54, 1.807) is 13.0 Å². The number of aromatic nitrogens is 4. The van der Waals surface area contributed by atoms with Crippen molar-refractivity contribution >= 4 is 22.6 Å². The number of carbonyl (C=O) groups excluding carboxylic acids is 1. The number of carbonyl (C=O) groups is 1. The number of anilines is 1. The summed E-state index contributed by atoms with van der Waals surface area (Å²) in [5.74, 6) is -1.06. The molecule has 3 aromatic rings. The third kappa shape index (κ3) is 3.84. The molecule has 3 aromatic heterocycles. The SMILES string of the molecule is Cc1[nH]nc2ncc(NC(=O)c3cccnc3OCC(F)(F)F)cc12. The summed E-state index contributed by atoms with van der Waals surface area (Å²) in [6, 6.07) is 4.41. The molecule has 0 aromatic carbocycles. The number of amides is 1. The highest BCUT2D eigenvalue weighted by Crippen LogP contribution is 2.22. The van der Waals surface area contributed by atoms with Crippen LogP contribution in [0.1, 0.15) is 16.1 Å². The molecular formula is C15H12F3N5O2. The number of pyridine rings is 2. The zero-order chi connectivity index (χ0) is 18.0. The highest BCUT2D eigenvalue weighted by atomic mass is 19.4. The van der Waals surface area contributed by atoms with E-state index in [0.29, 0.717) is 11.3 Å². The maximum Gasteiger partial charge on any atom is 0.422 e. The number of halogens is 3. The fraction of sp³-hybridized carbons (Fsp3) is 0.200. The van der Waals surface area contributed by atoms with Gasteiger partial charge in [0, 0.05) is 17.3 Å². The van der Waals surface area contributed by atoms with E-state index in [0.717, 1.165) is 11.1 Å². The summed E-state index contributed by atoms with van der Waals surface area (Å²) in [6.45, 7) is 0.263. The van der Waals surface area contributed by atoms with E-state index in [1.165, 1.54) is 24.5 Å². The van der Waals surface area contributed by atoms with Gasteiger partial charge in [-0.1, -0.05) is 0 Å². The Hall–Kier alpha value is -3.17. The number of hydrogen-bond donors (Lipinski definition) is 2. The van der Waals surface area contributed by atoms with Crippen LogP contribution >= 0.6 is 0 Å². The van der Waals surface area contributed by atoms with E-state index < -0.39 is 24.6 Å². The highest BCUT2D eigenvalue weighted by molar-refractivity contribution is 6.06. The Morgan fingerprint density at radius 1 is 1.36 bits per heavy atom. The fourth-order valence-corrected chi connectivity index (χ4v) is 2.12. The second kappa shape index (κ2) is 6.38. The highest BCUT2D eigenvalue weighted by Gasteiger charge is 2.29. The molecule has 0 radical (unpaired) electrons. The van der Waals surface area contributed by atoms with Crippen LogP contribution in [0.4, 0.5) is 18.9 Å². The van der Waals surface area contributed by atoms with Crippen LogP contribution in [0.2, 0.25) is 0 Å². The summed E-state index contributed by atoms with van der Waals surface area (Å²) < 4.78 is 41.5. The standard InChI is InChI=1S/C15H12F3N5O2/c1-8-11-5-9(6-20-12(11)23-22-8)21-13(24)10-3-2-4-19-14(10)25-7-15(16,17)18/h2-6H,7H2,1H3,(H,21,24)(H,20,22,23). The molecule has 130 valence electrons. The number of rotatable bonds is 4. The molecule has 0 saturated carbocycles. The van der Waals surface area contributed by atoms with Gasteiger partial charge in [0.15, 0.2) is 12.3 Å². The Kier molecular flexibility index (Phi) is 4.26. The second-order valence-corrected chi connectivity index (χ2v) is 5.16. The summed E-state index contributed by atoms with van der Waals surface area (Å²) in [5, 5.41) is 10.0. The molecule has 2 N–H and O–H groups in total. The summed E-state index contributed by atoms with van der Waals surface area (Å²) in [7, 11) is 0. The molecule has 25 heavy (non-hydrogen) atoms. The number of H-pyrrole nitrogens is 1. The lowest BCUT2D eigenvalue weighted by molar-refractivity contribution is -0.154. The number of hydrogen-bond acceptors (Lipinski definition) is 5. The van der Waals surface area contributed by atoms with Crippen molar-refractivity contribution in [3.8, 4) is 5.88 Å². The molecule has 0 aliphatic rings. The number of fused-ring (bicyclic) bond motifs is 1. The van der Waals surface area contributed by atoms with Gasteiger partial charge in [-0.15, -0.1) is 0 Å². The van der Waals surface area contributed by atoms with Crippen molar-refractivity contribution < 1.29 is 22.7 Å². The quantitative estimate of drug-likeness (QED) is 0.754. The van der Waals surface area contributed by atoms with Gasteiger partial charge in [0.2, 0.25) is 5.88 Å². The lowest BCUT2D eigenvalue weighted by Crippen LogP contribution is -2.22. The van der Waals surface area contributed by atoms with Crippen LogP contribution in [-0.2, 0) is 0 Å². The lowest BCUT2D eigenvalue weighted by Gasteiger charge is -2.12. The molecule has 0 atom stereocenters. The molecule has 7 nitrogen and oxygen atoms in total. The van der Waals surface area contributed by atoms with Crippen LogP contribution in [0.25, 0.3) is 11.0 Å². The van der Waals surface area contributed by atoms with Crippen LogP contribution in [0.15, 0.2) is 30.6 Å². The molecule has 0 aliphatic carbocycles. The summed E-state index contributed by atoms with van der Waals surface area (Å²) in [5.41, 5.74) is 1.52. The van der Waals surface area contributed by atoms with Gasteiger partial charge in [-0.25, -0.2) is 9.97 Å². The maximum atomic E-state index is 12.4. The third-order valence-electron chi connectivity index (χ3n) is 3.25. The first-order valence-electron chi connectivity index (χ1n) is 7.10.